The van der Waals surface area contributed by atoms with Crippen LogP contribution in [0.2, 0.25) is 0 Å². The fourth-order valence-corrected chi connectivity index (χ4v) is 4.91. The molecule has 0 N–H and O–H groups in total. The van der Waals surface area contributed by atoms with Gasteiger partial charge >= 0.3 is 0 Å². The Morgan fingerprint density at radius 1 is 1.04 bits per heavy atom. The third kappa shape index (κ3) is 2.88. The van der Waals surface area contributed by atoms with Crippen molar-refractivity contribution in [2.24, 2.45) is 5.92 Å². The van der Waals surface area contributed by atoms with Gasteiger partial charge in [-0.15, -0.1) is 5.10 Å². The largest absolute Gasteiger partial charge is 0.454 e. The third-order valence-electron chi connectivity index (χ3n) is 6.55. The number of rotatable bonds is 3. The summed E-state index contributed by atoms with van der Waals surface area (Å²) in [7, 11) is 0. The van der Waals surface area contributed by atoms with Crippen molar-refractivity contribution in [1.29, 1.82) is 0 Å². The molecule has 2 fully saturated rings. The summed E-state index contributed by atoms with van der Waals surface area (Å²) in [5.41, 5.74) is 0.876. The van der Waals surface area contributed by atoms with Crippen LogP contribution in [0.15, 0.2) is 18.2 Å². The van der Waals surface area contributed by atoms with Crippen molar-refractivity contribution in [3.63, 3.8) is 0 Å². The van der Waals surface area contributed by atoms with Gasteiger partial charge in [0, 0.05) is 6.07 Å². The molecule has 3 heterocycles. The number of piperidine rings is 1. The lowest BCUT2D eigenvalue weighted by atomic mass is 9.74. The SMILES string of the molecule is CC1CCC(c2nnnn2-c2ccc3c(c2)OCO3)(N2CCCCC2)CC1. The van der Waals surface area contributed by atoms with Gasteiger partial charge in [-0.1, -0.05) is 13.3 Å². The first-order valence-electron chi connectivity index (χ1n) is 10.2. The normalized spacial score (nSPS) is 28.4. The summed E-state index contributed by atoms with van der Waals surface area (Å²) in [6.07, 6.45) is 8.56. The summed E-state index contributed by atoms with van der Waals surface area (Å²) >= 11 is 0. The zero-order valence-electron chi connectivity index (χ0n) is 15.9. The zero-order valence-corrected chi connectivity index (χ0v) is 15.9. The molecule has 2 aliphatic heterocycles. The highest BCUT2D eigenvalue weighted by atomic mass is 16.7. The van der Waals surface area contributed by atoms with Gasteiger partial charge in [-0.05, 0) is 80.1 Å². The van der Waals surface area contributed by atoms with Crippen molar-refractivity contribution in [1.82, 2.24) is 25.1 Å². The second-order valence-corrected chi connectivity index (χ2v) is 8.21. The van der Waals surface area contributed by atoms with Crippen LogP contribution in [0.4, 0.5) is 0 Å². The van der Waals surface area contributed by atoms with Gasteiger partial charge in [0.25, 0.3) is 0 Å². The molecule has 7 nitrogen and oxygen atoms in total. The molecule has 0 bridgehead atoms. The monoisotopic (exact) mass is 369 g/mol. The maximum atomic E-state index is 5.56. The number of fused-ring (bicyclic) bond motifs is 1. The molecule has 5 rings (SSSR count). The van der Waals surface area contributed by atoms with E-state index < -0.39 is 0 Å². The summed E-state index contributed by atoms with van der Waals surface area (Å²) in [6, 6.07) is 5.94. The average Bonchev–Trinajstić information content (AvgIpc) is 3.38. The predicted octanol–water partition coefficient (Wildman–Crippen LogP) is 3.28. The number of tetrazole rings is 1. The lowest BCUT2D eigenvalue weighted by Gasteiger charge is -2.48. The minimum absolute atomic E-state index is 0.0627. The van der Waals surface area contributed by atoms with Crippen LogP contribution in [0, 0.1) is 5.92 Å². The van der Waals surface area contributed by atoms with Gasteiger partial charge in [0.2, 0.25) is 6.79 Å². The Balaban J connectivity index is 1.56. The maximum Gasteiger partial charge on any atom is 0.231 e. The highest BCUT2D eigenvalue weighted by molar-refractivity contribution is 5.50. The second kappa shape index (κ2) is 6.78. The summed E-state index contributed by atoms with van der Waals surface area (Å²) < 4.78 is 12.9. The number of benzene rings is 1. The molecule has 144 valence electrons. The third-order valence-corrected chi connectivity index (χ3v) is 6.55. The minimum atomic E-state index is -0.0627. The van der Waals surface area contributed by atoms with E-state index in [2.05, 4.69) is 27.3 Å². The van der Waals surface area contributed by atoms with Gasteiger partial charge < -0.3 is 9.47 Å². The fourth-order valence-electron chi connectivity index (χ4n) is 4.91. The van der Waals surface area contributed by atoms with E-state index in [1.54, 1.807) is 0 Å². The van der Waals surface area contributed by atoms with Crippen LogP contribution in [0.25, 0.3) is 5.69 Å². The van der Waals surface area contributed by atoms with Crippen molar-refractivity contribution >= 4 is 0 Å². The molecule has 1 aromatic carbocycles. The molecule has 0 radical (unpaired) electrons. The molecule has 1 aliphatic carbocycles. The highest BCUT2D eigenvalue weighted by Gasteiger charge is 2.45. The predicted molar refractivity (Wildman–Crippen MR) is 100 cm³/mol. The van der Waals surface area contributed by atoms with Gasteiger partial charge in [0.05, 0.1) is 11.2 Å². The Bertz CT molecular complexity index is 806. The van der Waals surface area contributed by atoms with E-state index in [4.69, 9.17) is 9.47 Å². The van der Waals surface area contributed by atoms with Gasteiger partial charge in [-0.3, -0.25) is 4.90 Å². The number of aromatic nitrogens is 4. The maximum absolute atomic E-state index is 5.56. The number of hydrogen-bond acceptors (Lipinski definition) is 6. The van der Waals surface area contributed by atoms with Gasteiger partial charge in [0.1, 0.15) is 0 Å². The minimum Gasteiger partial charge on any atom is -0.454 e. The molecule has 1 saturated heterocycles. The van der Waals surface area contributed by atoms with Crippen LogP contribution in [0.3, 0.4) is 0 Å². The first kappa shape index (κ1) is 17.0. The van der Waals surface area contributed by atoms with Gasteiger partial charge in [0.15, 0.2) is 17.3 Å². The van der Waals surface area contributed by atoms with E-state index in [0.29, 0.717) is 0 Å². The Hall–Kier alpha value is -2.15. The molecule has 0 spiro atoms. The molecular formula is C20H27N5O2. The molecule has 1 aromatic heterocycles. The average molecular weight is 369 g/mol. The fraction of sp³-hybridized carbons (Fsp3) is 0.650. The summed E-state index contributed by atoms with van der Waals surface area (Å²) in [4.78, 5) is 2.66. The zero-order chi connectivity index (χ0) is 18.3. The first-order valence-corrected chi connectivity index (χ1v) is 10.2. The van der Waals surface area contributed by atoms with E-state index in [9.17, 15) is 0 Å². The Morgan fingerprint density at radius 3 is 2.63 bits per heavy atom. The highest BCUT2D eigenvalue weighted by Crippen LogP contribution is 2.45. The first-order chi connectivity index (χ1) is 13.3. The summed E-state index contributed by atoms with van der Waals surface area (Å²) in [5.74, 6) is 3.30. The quantitative estimate of drug-likeness (QED) is 0.827. The lowest BCUT2D eigenvalue weighted by molar-refractivity contribution is 0.0110. The van der Waals surface area contributed by atoms with Crippen molar-refractivity contribution in [2.75, 3.05) is 19.9 Å². The Labute approximate surface area is 159 Å². The van der Waals surface area contributed by atoms with Crippen LogP contribution >= 0.6 is 0 Å². The molecule has 27 heavy (non-hydrogen) atoms. The molecule has 3 aliphatic rings. The number of likely N-dealkylation sites (tertiary alicyclic amines) is 1. The van der Waals surface area contributed by atoms with Gasteiger partial charge in [-0.2, -0.15) is 4.68 Å². The van der Waals surface area contributed by atoms with Crippen LogP contribution in [0.1, 0.15) is 57.7 Å². The van der Waals surface area contributed by atoms with E-state index in [1.165, 1.54) is 32.1 Å². The molecule has 0 amide bonds. The van der Waals surface area contributed by atoms with E-state index >= 15 is 0 Å². The molecule has 7 heteroatoms. The van der Waals surface area contributed by atoms with Crippen molar-refractivity contribution in [3.8, 4) is 17.2 Å². The second-order valence-electron chi connectivity index (χ2n) is 8.21. The molecule has 0 unspecified atom stereocenters. The lowest BCUT2D eigenvalue weighted by Crippen LogP contribution is -2.52. The Kier molecular flexibility index (Phi) is 4.27. The van der Waals surface area contributed by atoms with Crippen LogP contribution in [-0.4, -0.2) is 45.0 Å². The van der Waals surface area contributed by atoms with Crippen LogP contribution in [-0.2, 0) is 5.54 Å². The molecule has 2 aromatic rings. The number of nitrogens with zero attached hydrogens (tertiary/aromatic N) is 5. The standard InChI is InChI=1S/C20H27N5O2/c1-15-7-9-20(10-8-15,24-11-3-2-4-12-24)19-21-22-23-25(19)16-5-6-17-18(13-16)27-14-26-17/h5-6,13,15H,2-4,7-12,14H2,1H3. The topological polar surface area (TPSA) is 65.3 Å². The van der Waals surface area contributed by atoms with Gasteiger partial charge in [-0.25, -0.2) is 0 Å². The van der Waals surface area contributed by atoms with Crippen molar-refractivity contribution in [3.05, 3.63) is 24.0 Å². The van der Waals surface area contributed by atoms with Crippen molar-refractivity contribution in [2.45, 2.75) is 57.4 Å². The van der Waals surface area contributed by atoms with E-state index in [0.717, 1.165) is 54.9 Å². The molecule has 0 atom stereocenters. The van der Waals surface area contributed by atoms with Crippen LogP contribution < -0.4 is 9.47 Å². The summed E-state index contributed by atoms with van der Waals surface area (Å²) in [6.45, 7) is 4.92. The van der Waals surface area contributed by atoms with Crippen LogP contribution in [0.5, 0.6) is 11.5 Å². The van der Waals surface area contributed by atoms with E-state index in [-0.39, 0.29) is 12.3 Å². The molecule has 1 saturated carbocycles. The summed E-state index contributed by atoms with van der Waals surface area (Å²) in [5, 5.41) is 13.0. The Morgan fingerprint density at radius 2 is 1.81 bits per heavy atom. The van der Waals surface area contributed by atoms with E-state index in [1.807, 2.05) is 22.9 Å². The smallest absolute Gasteiger partial charge is 0.231 e. The number of hydrogen-bond donors (Lipinski definition) is 0. The van der Waals surface area contributed by atoms with Crippen molar-refractivity contribution < 1.29 is 9.47 Å². The molecular weight excluding hydrogens is 342 g/mol. The number of ether oxygens (including phenoxy) is 2.